The van der Waals surface area contributed by atoms with Crippen molar-refractivity contribution in [2.75, 3.05) is 33.3 Å². The van der Waals surface area contributed by atoms with Gasteiger partial charge in [0, 0.05) is 37.3 Å². The van der Waals surface area contributed by atoms with Crippen molar-refractivity contribution in [1.82, 2.24) is 15.2 Å². The summed E-state index contributed by atoms with van der Waals surface area (Å²) in [6, 6.07) is 3.24. The van der Waals surface area contributed by atoms with Crippen molar-refractivity contribution in [3.8, 4) is 5.88 Å². The van der Waals surface area contributed by atoms with Gasteiger partial charge in [-0.15, -0.1) is 0 Å². The fourth-order valence-electron chi connectivity index (χ4n) is 3.10. The highest BCUT2D eigenvalue weighted by atomic mass is 19.4. The first-order valence-corrected chi connectivity index (χ1v) is 8.14. The van der Waals surface area contributed by atoms with Crippen molar-refractivity contribution >= 4 is 6.03 Å². The zero-order valence-electron chi connectivity index (χ0n) is 14.1. The normalized spacial score (nSPS) is 21.1. The molecule has 1 aliphatic heterocycles. The van der Waals surface area contributed by atoms with Crippen LogP contribution in [0.3, 0.4) is 0 Å². The Kier molecular flexibility index (Phi) is 6.46. The SMILES string of the molecule is COc1ncccc1CCNC(=O)N1CCC(C(F)(F)F)C(CN)C1. The Morgan fingerprint density at radius 2 is 2.28 bits per heavy atom. The molecule has 2 heterocycles. The van der Waals surface area contributed by atoms with E-state index in [1.807, 2.05) is 6.07 Å². The summed E-state index contributed by atoms with van der Waals surface area (Å²) in [7, 11) is 1.52. The third-order valence-electron chi connectivity index (χ3n) is 4.46. The number of alkyl halides is 3. The van der Waals surface area contributed by atoms with E-state index >= 15 is 0 Å². The molecule has 1 saturated heterocycles. The summed E-state index contributed by atoms with van der Waals surface area (Å²) in [5.41, 5.74) is 6.33. The number of nitrogens with zero attached hydrogens (tertiary/aromatic N) is 2. The number of urea groups is 1. The summed E-state index contributed by atoms with van der Waals surface area (Å²) >= 11 is 0. The molecule has 1 aromatic rings. The second-order valence-electron chi connectivity index (χ2n) is 6.03. The molecule has 1 fully saturated rings. The van der Waals surface area contributed by atoms with E-state index < -0.39 is 18.0 Å². The molecule has 0 saturated carbocycles. The third-order valence-corrected chi connectivity index (χ3v) is 4.46. The van der Waals surface area contributed by atoms with Crippen LogP contribution in [0.1, 0.15) is 12.0 Å². The van der Waals surface area contributed by atoms with E-state index in [1.54, 1.807) is 12.3 Å². The van der Waals surface area contributed by atoms with Crippen molar-refractivity contribution < 1.29 is 22.7 Å². The number of ether oxygens (including phenoxy) is 1. The number of amides is 2. The second-order valence-corrected chi connectivity index (χ2v) is 6.03. The van der Waals surface area contributed by atoms with E-state index in [0.29, 0.717) is 18.8 Å². The standard InChI is InChI=1S/C16H23F3N4O2/c1-25-14-11(3-2-6-21-14)4-7-22-15(24)23-8-5-13(16(17,18)19)12(9-20)10-23/h2-3,6,12-13H,4-5,7-10,20H2,1H3,(H,22,24). The van der Waals surface area contributed by atoms with Crippen molar-refractivity contribution in [1.29, 1.82) is 0 Å². The molecule has 6 nitrogen and oxygen atoms in total. The van der Waals surface area contributed by atoms with Gasteiger partial charge in [0.15, 0.2) is 0 Å². The molecule has 2 amide bonds. The zero-order chi connectivity index (χ0) is 18.4. The molecule has 2 atom stereocenters. The molecule has 2 unspecified atom stereocenters. The van der Waals surface area contributed by atoms with Crippen LogP contribution in [0.25, 0.3) is 0 Å². The fourth-order valence-corrected chi connectivity index (χ4v) is 3.10. The number of methoxy groups -OCH3 is 1. The van der Waals surface area contributed by atoms with Gasteiger partial charge in [-0.05, 0) is 25.5 Å². The summed E-state index contributed by atoms with van der Waals surface area (Å²) in [4.78, 5) is 17.7. The van der Waals surface area contributed by atoms with Crippen LogP contribution in [-0.2, 0) is 6.42 Å². The maximum atomic E-state index is 13.0. The lowest BCUT2D eigenvalue weighted by Gasteiger charge is -2.38. The van der Waals surface area contributed by atoms with Crippen LogP contribution in [0.4, 0.5) is 18.0 Å². The summed E-state index contributed by atoms with van der Waals surface area (Å²) in [5, 5.41) is 2.73. The molecule has 1 aromatic heterocycles. The molecule has 0 aliphatic carbocycles. The number of likely N-dealkylation sites (tertiary alicyclic amines) is 1. The lowest BCUT2D eigenvalue weighted by molar-refractivity contribution is -0.197. The molecular weight excluding hydrogens is 337 g/mol. The molecule has 0 radical (unpaired) electrons. The highest BCUT2D eigenvalue weighted by Gasteiger charge is 2.47. The maximum absolute atomic E-state index is 13.0. The highest BCUT2D eigenvalue weighted by molar-refractivity contribution is 5.74. The van der Waals surface area contributed by atoms with Gasteiger partial charge in [0.25, 0.3) is 0 Å². The predicted octanol–water partition coefficient (Wildman–Crippen LogP) is 1.80. The van der Waals surface area contributed by atoms with E-state index in [9.17, 15) is 18.0 Å². The van der Waals surface area contributed by atoms with Gasteiger partial charge >= 0.3 is 12.2 Å². The van der Waals surface area contributed by atoms with Crippen molar-refractivity contribution in [3.63, 3.8) is 0 Å². The third kappa shape index (κ3) is 4.97. The number of carbonyl (C=O) groups excluding carboxylic acids is 1. The monoisotopic (exact) mass is 360 g/mol. The average Bonchev–Trinajstić information content (AvgIpc) is 2.60. The Morgan fingerprint density at radius 3 is 2.92 bits per heavy atom. The number of hydrogen-bond donors (Lipinski definition) is 2. The molecule has 3 N–H and O–H groups in total. The number of piperidine rings is 1. The van der Waals surface area contributed by atoms with E-state index in [2.05, 4.69) is 10.3 Å². The largest absolute Gasteiger partial charge is 0.481 e. The molecule has 1 aliphatic rings. The molecule has 9 heteroatoms. The number of rotatable bonds is 5. The molecule has 2 rings (SSSR count). The van der Waals surface area contributed by atoms with Gasteiger partial charge < -0.3 is 20.7 Å². The second kappa shape index (κ2) is 8.37. The van der Waals surface area contributed by atoms with Crippen molar-refractivity contribution in [2.24, 2.45) is 17.6 Å². The van der Waals surface area contributed by atoms with Gasteiger partial charge in [0.1, 0.15) is 0 Å². The molecule has 140 valence electrons. The summed E-state index contributed by atoms with van der Waals surface area (Å²) in [5.74, 6) is -1.72. The minimum Gasteiger partial charge on any atom is -0.481 e. The summed E-state index contributed by atoms with van der Waals surface area (Å²) in [6.07, 6.45) is -2.26. The van der Waals surface area contributed by atoms with E-state index in [-0.39, 0.29) is 32.1 Å². The van der Waals surface area contributed by atoms with Crippen molar-refractivity contribution in [3.05, 3.63) is 23.9 Å². The minimum absolute atomic E-state index is 0.0166. The van der Waals surface area contributed by atoms with Gasteiger partial charge in [-0.1, -0.05) is 6.07 Å². The molecule has 25 heavy (non-hydrogen) atoms. The number of carbonyl (C=O) groups is 1. The van der Waals surface area contributed by atoms with Crippen LogP contribution in [0.5, 0.6) is 5.88 Å². The first kappa shape index (κ1) is 19.3. The molecule has 0 aromatic carbocycles. The summed E-state index contributed by atoms with van der Waals surface area (Å²) in [6.45, 7) is 0.333. The lowest BCUT2D eigenvalue weighted by Crippen LogP contribution is -2.52. The van der Waals surface area contributed by atoms with Gasteiger partial charge in [0.05, 0.1) is 13.0 Å². The summed E-state index contributed by atoms with van der Waals surface area (Å²) < 4.78 is 44.1. The van der Waals surface area contributed by atoms with E-state index in [4.69, 9.17) is 10.5 Å². The average molecular weight is 360 g/mol. The van der Waals surface area contributed by atoms with Crippen molar-refractivity contribution in [2.45, 2.75) is 19.0 Å². The van der Waals surface area contributed by atoms with E-state index in [0.717, 1.165) is 5.56 Å². The Morgan fingerprint density at radius 1 is 1.52 bits per heavy atom. The van der Waals surface area contributed by atoms with Crippen LogP contribution < -0.4 is 15.8 Å². The number of nitrogens with two attached hydrogens (primary N) is 1. The molecule has 0 bridgehead atoms. The van der Waals surface area contributed by atoms with Gasteiger partial charge in [-0.25, -0.2) is 9.78 Å². The van der Waals surface area contributed by atoms with Crippen LogP contribution >= 0.6 is 0 Å². The van der Waals surface area contributed by atoms with Crippen LogP contribution in [0.2, 0.25) is 0 Å². The molecular formula is C16H23F3N4O2. The minimum atomic E-state index is -4.27. The highest BCUT2D eigenvalue weighted by Crippen LogP contribution is 2.37. The fraction of sp³-hybridized carbons (Fsp3) is 0.625. The number of pyridine rings is 1. The maximum Gasteiger partial charge on any atom is 0.392 e. The first-order chi connectivity index (χ1) is 11.9. The lowest BCUT2D eigenvalue weighted by atomic mass is 9.85. The van der Waals surface area contributed by atoms with Crippen LogP contribution in [0, 0.1) is 11.8 Å². The zero-order valence-corrected chi connectivity index (χ0v) is 14.1. The van der Waals surface area contributed by atoms with Crippen LogP contribution in [0.15, 0.2) is 18.3 Å². The predicted molar refractivity (Wildman–Crippen MR) is 86.2 cm³/mol. The Hall–Kier alpha value is -2.03. The first-order valence-electron chi connectivity index (χ1n) is 8.14. The van der Waals surface area contributed by atoms with Gasteiger partial charge in [-0.2, -0.15) is 13.2 Å². The smallest absolute Gasteiger partial charge is 0.392 e. The number of nitrogens with one attached hydrogen (secondary N) is 1. The topological polar surface area (TPSA) is 80.5 Å². The quantitative estimate of drug-likeness (QED) is 0.839. The number of aromatic nitrogens is 1. The van der Waals surface area contributed by atoms with Crippen LogP contribution in [-0.4, -0.2) is 55.4 Å². The Bertz CT molecular complexity index is 583. The number of halogens is 3. The van der Waals surface area contributed by atoms with Gasteiger partial charge in [-0.3, -0.25) is 0 Å². The Balaban J connectivity index is 1.85. The number of hydrogen-bond acceptors (Lipinski definition) is 4. The van der Waals surface area contributed by atoms with Gasteiger partial charge in [0.2, 0.25) is 5.88 Å². The van der Waals surface area contributed by atoms with E-state index in [1.165, 1.54) is 12.0 Å². The Labute approximate surface area is 144 Å². The molecule has 0 spiro atoms.